The van der Waals surface area contributed by atoms with Gasteiger partial charge in [-0.2, -0.15) is 0 Å². The lowest BCUT2D eigenvalue weighted by Gasteiger charge is -2.28. The summed E-state index contributed by atoms with van der Waals surface area (Å²) < 4.78 is 0. The normalized spacial score (nSPS) is 11.2. The number of thiazole rings is 1. The van der Waals surface area contributed by atoms with Gasteiger partial charge in [0.1, 0.15) is 10.7 Å². The highest BCUT2D eigenvalue weighted by molar-refractivity contribution is 7.18. The smallest absolute Gasteiger partial charge is 0.268 e. The maximum atomic E-state index is 12.6. The molecule has 0 unspecified atom stereocenters. The van der Waals surface area contributed by atoms with Crippen molar-refractivity contribution in [2.75, 3.05) is 31.3 Å². The lowest BCUT2D eigenvalue weighted by Crippen LogP contribution is -2.39. The number of nitrogens with two attached hydrogens (primary N) is 1. The molecule has 0 aromatic carbocycles. The summed E-state index contributed by atoms with van der Waals surface area (Å²) in [7, 11) is 3.78. The molecule has 0 radical (unpaired) electrons. The van der Waals surface area contributed by atoms with Gasteiger partial charge in [0.2, 0.25) is 0 Å². The third-order valence-electron chi connectivity index (χ3n) is 2.66. The second kappa shape index (κ2) is 6.23. The molecule has 108 valence electrons. The number of hydrogen-bond acceptors (Lipinski definition) is 5. The summed E-state index contributed by atoms with van der Waals surface area (Å²) in [5, 5.41) is 0.758. The average molecular weight is 284 g/mol. The summed E-state index contributed by atoms with van der Waals surface area (Å²) in [5.41, 5.74) is 5.87. The van der Waals surface area contributed by atoms with E-state index in [1.54, 1.807) is 0 Å². The molecule has 1 aromatic heterocycles. The second-order valence-electron chi connectivity index (χ2n) is 5.55. The molecule has 5 nitrogen and oxygen atoms in total. The van der Waals surface area contributed by atoms with Gasteiger partial charge in [-0.05, 0) is 19.8 Å². The molecule has 0 aliphatic heterocycles. The number of rotatable bonds is 5. The Bertz CT molecular complexity index is 440. The van der Waals surface area contributed by atoms with Crippen LogP contribution in [0, 0.1) is 5.92 Å². The average Bonchev–Trinajstić information content (AvgIpc) is 2.67. The summed E-state index contributed by atoms with van der Waals surface area (Å²) in [6.07, 6.45) is 0. The Balaban J connectivity index is 3.02. The van der Waals surface area contributed by atoms with Gasteiger partial charge in [-0.25, -0.2) is 4.98 Å². The van der Waals surface area contributed by atoms with E-state index in [4.69, 9.17) is 5.73 Å². The van der Waals surface area contributed by atoms with E-state index in [0.29, 0.717) is 16.6 Å². The van der Waals surface area contributed by atoms with E-state index < -0.39 is 0 Å². The van der Waals surface area contributed by atoms with Crippen molar-refractivity contribution in [2.24, 2.45) is 5.92 Å². The Morgan fingerprint density at radius 2 is 1.89 bits per heavy atom. The van der Waals surface area contributed by atoms with Crippen LogP contribution in [0.15, 0.2) is 0 Å². The largest absolute Gasteiger partial charge is 0.382 e. The van der Waals surface area contributed by atoms with Crippen molar-refractivity contribution in [3.63, 3.8) is 0 Å². The van der Waals surface area contributed by atoms with Gasteiger partial charge in [0.05, 0.1) is 0 Å². The first-order chi connectivity index (χ1) is 8.73. The Kier molecular flexibility index (Phi) is 5.17. The van der Waals surface area contributed by atoms with Gasteiger partial charge in [-0.3, -0.25) is 4.79 Å². The molecule has 0 aliphatic rings. The van der Waals surface area contributed by atoms with E-state index >= 15 is 0 Å². The second-order valence-corrected chi connectivity index (χ2v) is 6.53. The summed E-state index contributed by atoms with van der Waals surface area (Å²) >= 11 is 1.35. The van der Waals surface area contributed by atoms with Crippen LogP contribution in [0.3, 0.4) is 0 Å². The highest BCUT2D eigenvalue weighted by Crippen LogP contribution is 2.28. The van der Waals surface area contributed by atoms with E-state index in [1.165, 1.54) is 11.3 Å². The Morgan fingerprint density at radius 1 is 1.32 bits per heavy atom. The Morgan fingerprint density at radius 3 is 2.26 bits per heavy atom. The fourth-order valence-electron chi connectivity index (χ4n) is 1.72. The highest BCUT2D eigenvalue weighted by atomic mass is 32.1. The zero-order chi connectivity index (χ0) is 14.7. The van der Waals surface area contributed by atoms with E-state index in [0.717, 1.165) is 11.7 Å². The van der Waals surface area contributed by atoms with Gasteiger partial charge in [-0.1, -0.05) is 25.2 Å². The van der Waals surface area contributed by atoms with Crippen molar-refractivity contribution < 1.29 is 4.79 Å². The van der Waals surface area contributed by atoms with Crippen molar-refractivity contribution in [2.45, 2.75) is 33.7 Å². The number of amides is 1. The van der Waals surface area contributed by atoms with Gasteiger partial charge < -0.3 is 15.5 Å². The third kappa shape index (κ3) is 3.83. The van der Waals surface area contributed by atoms with Gasteiger partial charge in [0.25, 0.3) is 5.91 Å². The number of nitrogen functional groups attached to an aromatic ring is 1. The number of aromatic nitrogens is 1. The van der Waals surface area contributed by atoms with Crippen LogP contribution in [0.25, 0.3) is 0 Å². The van der Waals surface area contributed by atoms with Crippen molar-refractivity contribution in [3.8, 4) is 0 Å². The van der Waals surface area contributed by atoms with Crippen LogP contribution in [0.2, 0.25) is 0 Å². The summed E-state index contributed by atoms with van der Waals surface area (Å²) in [6, 6.07) is 0.152. The number of carbonyl (C=O) groups is 1. The van der Waals surface area contributed by atoms with Crippen LogP contribution >= 0.6 is 11.3 Å². The molecule has 0 aliphatic carbocycles. The zero-order valence-corrected chi connectivity index (χ0v) is 13.4. The summed E-state index contributed by atoms with van der Waals surface area (Å²) in [4.78, 5) is 21.1. The quantitative estimate of drug-likeness (QED) is 0.901. The maximum absolute atomic E-state index is 12.6. The first-order valence-electron chi connectivity index (χ1n) is 6.48. The number of anilines is 2. The van der Waals surface area contributed by atoms with Crippen LogP contribution < -0.4 is 10.6 Å². The molecular weight excluding hydrogens is 260 g/mol. The SMILES string of the molecule is CC(C)CN(C(=O)c1sc(N(C)C)nc1N)C(C)C. The molecule has 0 saturated carbocycles. The summed E-state index contributed by atoms with van der Waals surface area (Å²) in [6.45, 7) is 8.97. The predicted octanol–water partition coefficient (Wildman–Crippen LogP) is 2.30. The van der Waals surface area contributed by atoms with Crippen LogP contribution in [-0.4, -0.2) is 42.5 Å². The monoisotopic (exact) mass is 284 g/mol. The molecule has 0 saturated heterocycles. The molecular formula is C13H24N4OS. The minimum absolute atomic E-state index is 0.0215. The van der Waals surface area contributed by atoms with E-state index in [9.17, 15) is 4.79 Å². The molecule has 1 aromatic rings. The minimum atomic E-state index is -0.0215. The Labute approximate surface area is 119 Å². The molecule has 0 bridgehead atoms. The molecule has 1 heterocycles. The van der Waals surface area contributed by atoms with Crippen molar-refractivity contribution in [1.82, 2.24) is 9.88 Å². The van der Waals surface area contributed by atoms with Gasteiger partial charge in [0.15, 0.2) is 5.13 Å². The third-order valence-corrected chi connectivity index (χ3v) is 3.89. The molecule has 19 heavy (non-hydrogen) atoms. The molecule has 1 amide bonds. The molecule has 1 rings (SSSR count). The molecule has 0 atom stereocenters. The molecule has 0 spiro atoms. The van der Waals surface area contributed by atoms with Crippen molar-refractivity contribution >= 4 is 28.2 Å². The highest BCUT2D eigenvalue weighted by Gasteiger charge is 2.25. The fraction of sp³-hybridized carbons (Fsp3) is 0.692. The first-order valence-corrected chi connectivity index (χ1v) is 7.30. The number of hydrogen-bond donors (Lipinski definition) is 1. The maximum Gasteiger partial charge on any atom is 0.268 e. The van der Waals surface area contributed by atoms with Gasteiger partial charge in [0, 0.05) is 26.7 Å². The molecule has 6 heteroatoms. The zero-order valence-electron chi connectivity index (χ0n) is 12.6. The summed E-state index contributed by atoms with van der Waals surface area (Å²) in [5.74, 6) is 0.730. The standard InChI is InChI=1S/C13H24N4OS/c1-8(2)7-17(9(3)4)12(18)10-11(14)15-13(19-10)16(5)6/h8-9H,7,14H2,1-6H3. The van der Waals surface area contributed by atoms with E-state index in [-0.39, 0.29) is 11.9 Å². The predicted molar refractivity (Wildman–Crippen MR) is 81.9 cm³/mol. The van der Waals surface area contributed by atoms with Crippen LogP contribution in [0.5, 0.6) is 0 Å². The van der Waals surface area contributed by atoms with Crippen LogP contribution in [0.1, 0.15) is 37.4 Å². The number of carbonyl (C=O) groups excluding carboxylic acids is 1. The van der Waals surface area contributed by atoms with Crippen LogP contribution in [0.4, 0.5) is 10.9 Å². The van der Waals surface area contributed by atoms with Crippen LogP contribution in [-0.2, 0) is 0 Å². The van der Waals surface area contributed by atoms with Gasteiger partial charge >= 0.3 is 0 Å². The number of nitrogens with zero attached hydrogens (tertiary/aromatic N) is 3. The fourth-order valence-corrected chi connectivity index (χ4v) is 2.58. The minimum Gasteiger partial charge on any atom is -0.382 e. The van der Waals surface area contributed by atoms with Crippen molar-refractivity contribution in [3.05, 3.63) is 4.88 Å². The van der Waals surface area contributed by atoms with Gasteiger partial charge in [-0.15, -0.1) is 0 Å². The van der Waals surface area contributed by atoms with E-state index in [1.807, 2.05) is 37.7 Å². The van der Waals surface area contributed by atoms with Crippen molar-refractivity contribution in [1.29, 1.82) is 0 Å². The lowest BCUT2D eigenvalue weighted by molar-refractivity contribution is 0.0688. The van der Waals surface area contributed by atoms with E-state index in [2.05, 4.69) is 18.8 Å². The molecule has 0 fully saturated rings. The lowest BCUT2D eigenvalue weighted by atomic mass is 10.1. The topological polar surface area (TPSA) is 62.5 Å². The molecule has 2 N–H and O–H groups in total. The Hall–Kier alpha value is -1.30. The first kappa shape index (κ1) is 15.8.